The second-order valence-electron chi connectivity index (χ2n) is 3.97. The van der Waals surface area contributed by atoms with Gasteiger partial charge in [0.25, 0.3) is 0 Å². The van der Waals surface area contributed by atoms with Crippen LogP contribution in [-0.2, 0) is 19.2 Å². The van der Waals surface area contributed by atoms with E-state index in [2.05, 4.69) is 10.6 Å². The van der Waals surface area contributed by atoms with Crippen molar-refractivity contribution in [2.24, 2.45) is 11.5 Å². The third kappa shape index (κ3) is 7.71. The highest BCUT2D eigenvalue weighted by atomic mass is 16.4. The summed E-state index contributed by atoms with van der Waals surface area (Å²) in [5.74, 6) is -3.16. The quantitative estimate of drug-likeness (QED) is 0.322. The van der Waals surface area contributed by atoms with Crippen molar-refractivity contribution in [1.29, 1.82) is 0 Å². The molecule has 0 aliphatic carbocycles. The lowest BCUT2D eigenvalue weighted by molar-refractivity contribution is -0.142. The molecule has 0 rings (SSSR count). The largest absolute Gasteiger partial charge is 0.480 e. The summed E-state index contributed by atoms with van der Waals surface area (Å²) in [4.78, 5) is 43.8. The molecule has 0 unspecified atom stereocenters. The Morgan fingerprint density at radius 2 is 1.84 bits per heavy atom. The van der Waals surface area contributed by atoms with Gasteiger partial charge in [0.15, 0.2) is 0 Å². The molecule has 0 aromatic carbocycles. The molecular weight excluding hydrogens is 256 g/mol. The summed E-state index contributed by atoms with van der Waals surface area (Å²) in [5, 5.41) is 13.2. The Hall–Kier alpha value is -2.16. The fourth-order valence-electron chi connectivity index (χ4n) is 1.12. The van der Waals surface area contributed by atoms with Crippen LogP contribution in [0.1, 0.15) is 19.8 Å². The third-order valence-electron chi connectivity index (χ3n) is 2.15. The first-order chi connectivity index (χ1) is 8.73. The third-order valence-corrected chi connectivity index (χ3v) is 2.15. The monoisotopic (exact) mass is 274 g/mol. The standard InChI is InChI=1S/C10H18N4O5/c1-5(11)9(17)13-4-8(16)14-6(10(18)19)2-3-7(12)15/h5-6H,2-4,11H2,1H3,(H2,12,15)(H,13,17)(H,14,16)(H,18,19)/t5-,6-/m0/s1. The lowest BCUT2D eigenvalue weighted by Gasteiger charge is -2.14. The topological polar surface area (TPSA) is 165 Å². The van der Waals surface area contributed by atoms with Crippen molar-refractivity contribution in [1.82, 2.24) is 10.6 Å². The van der Waals surface area contributed by atoms with E-state index >= 15 is 0 Å². The van der Waals surface area contributed by atoms with E-state index in [0.29, 0.717) is 0 Å². The molecule has 9 nitrogen and oxygen atoms in total. The molecule has 0 aromatic heterocycles. The molecule has 0 aliphatic rings. The maximum absolute atomic E-state index is 11.4. The molecule has 0 radical (unpaired) electrons. The SMILES string of the molecule is C[C@H](N)C(=O)NCC(=O)N[C@@H](CCC(N)=O)C(=O)O. The predicted octanol–water partition coefficient (Wildman–Crippen LogP) is -2.72. The number of primary amides is 1. The van der Waals surface area contributed by atoms with Gasteiger partial charge in [-0.2, -0.15) is 0 Å². The van der Waals surface area contributed by atoms with Crippen LogP contribution < -0.4 is 22.1 Å². The lowest BCUT2D eigenvalue weighted by Crippen LogP contribution is -2.48. The van der Waals surface area contributed by atoms with Crippen molar-refractivity contribution < 1.29 is 24.3 Å². The minimum Gasteiger partial charge on any atom is -0.480 e. The van der Waals surface area contributed by atoms with Crippen LogP contribution in [0.5, 0.6) is 0 Å². The zero-order valence-corrected chi connectivity index (χ0v) is 10.5. The molecule has 0 aromatic rings. The Labute approximate surface area is 109 Å². The van der Waals surface area contributed by atoms with E-state index in [4.69, 9.17) is 16.6 Å². The number of amides is 3. The summed E-state index contributed by atoms with van der Waals surface area (Å²) in [6, 6.07) is -2.00. The molecule has 0 fully saturated rings. The molecule has 0 heterocycles. The van der Waals surface area contributed by atoms with Gasteiger partial charge in [0, 0.05) is 6.42 Å². The number of carbonyl (C=O) groups is 4. The Bertz CT molecular complexity index is 369. The molecular formula is C10H18N4O5. The molecule has 0 saturated carbocycles. The second kappa shape index (κ2) is 8.03. The minimum atomic E-state index is -1.28. The maximum Gasteiger partial charge on any atom is 0.326 e. The zero-order chi connectivity index (χ0) is 15.0. The molecule has 2 atom stereocenters. The highest BCUT2D eigenvalue weighted by Crippen LogP contribution is 1.97. The van der Waals surface area contributed by atoms with E-state index in [1.807, 2.05) is 0 Å². The number of rotatable bonds is 8. The van der Waals surface area contributed by atoms with Crippen LogP contribution in [0.25, 0.3) is 0 Å². The first-order valence-electron chi connectivity index (χ1n) is 5.57. The molecule has 0 bridgehead atoms. The highest BCUT2D eigenvalue weighted by Gasteiger charge is 2.20. The smallest absolute Gasteiger partial charge is 0.326 e. The summed E-state index contributed by atoms with van der Waals surface area (Å²) in [7, 11) is 0. The lowest BCUT2D eigenvalue weighted by atomic mass is 10.1. The van der Waals surface area contributed by atoms with Gasteiger partial charge in [-0.05, 0) is 13.3 Å². The van der Waals surface area contributed by atoms with Crippen molar-refractivity contribution in [2.45, 2.75) is 31.8 Å². The Balaban J connectivity index is 4.21. The minimum absolute atomic E-state index is 0.113. The van der Waals surface area contributed by atoms with E-state index in [9.17, 15) is 19.2 Å². The van der Waals surface area contributed by atoms with Crippen LogP contribution in [0.2, 0.25) is 0 Å². The van der Waals surface area contributed by atoms with Gasteiger partial charge in [-0.15, -0.1) is 0 Å². The normalized spacial score (nSPS) is 13.2. The van der Waals surface area contributed by atoms with Crippen molar-refractivity contribution in [3.63, 3.8) is 0 Å². The first-order valence-corrected chi connectivity index (χ1v) is 5.57. The van der Waals surface area contributed by atoms with E-state index in [1.165, 1.54) is 6.92 Å². The van der Waals surface area contributed by atoms with Crippen LogP contribution >= 0.6 is 0 Å². The number of nitrogens with one attached hydrogen (secondary N) is 2. The van der Waals surface area contributed by atoms with E-state index < -0.39 is 35.8 Å². The predicted molar refractivity (Wildman–Crippen MR) is 64.7 cm³/mol. The fraction of sp³-hybridized carbons (Fsp3) is 0.600. The molecule has 7 N–H and O–H groups in total. The molecule has 0 aliphatic heterocycles. The van der Waals surface area contributed by atoms with Crippen LogP contribution in [0, 0.1) is 0 Å². The van der Waals surface area contributed by atoms with Gasteiger partial charge >= 0.3 is 5.97 Å². The number of aliphatic carboxylic acids is 1. The zero-order valence-electron chi connectivity index (χ0n) is 10.5. The second-order valence-corrected chi connectivity index (χ2v) is 3.97. The number of nitrogens with two attached hydrogens (primary N) is 2. The number of carboxylic acid groups (broad SMARTS) is 1. The van der Waals surface area contributed by atoms with Crippen molar-refractivity contribution >= 4 is 23.7 Å². The van der Waals surface area contributed by atoms with E-state index in [1.54, 1.807) is 0 Å². The van der Waals surface area contributed by atoms with Gasteiger partial charge < -0.3 is 27.2 Å². The average Bonchev–Trinajstić information content (AvgIpc) is 2.30. The molecule has 0 spiro atoms. The van der Waals surface area contributed by atoms with Crippen molar-refractivity contribution in [2.75, 3.05) is 6.54 Å². The molecule has 3 amide bonds. The van der Waals surface area contributed by atoms with E-state index in [0.717, 1.165) is 0 Å². The van der Waals surface area contributed by atoms with Gasteiger partial charge in [-0.3, -0.25) is 14.4 Å². The molecule has 108 valence electrons. The number of hydrogen-bond acceptors (Lipinski definition) is 5. The van der Waals surface area contributed by atoms with Gasteiger partial charge in [0.1, 0.15) is 6.04 Å². The molecule has 0 saturated heterocycles. The number of hydrogen-bond donors (Lipinski definition) is 5. The number of carbonyl (C=O) groups excluding carboxylic acids is 3. The van der Waals surface area contributed by atoms with Gasteiger partial charge in [0.05, 0.1) is 12.6 Å². The summed E-state index contributed by atoms with van der Waals surface area (Å²) in [5.41, 5.74) is 10.2. The van der Waals surface area contributed by atoms with Gasteiger partial charge in [-0.25, -0.2) is 4.79 Å². The van der Waals surface area contributed by atoms with E-state index in [-0.39, 0.29) is 19.4 Å². The summed E-state index contributed by atoms with van der Waals surface area (Å²) < 4.78 is 0. The first kappa shape index (κ1) is 16.8. The summed E-state index contributed by atoms with van der Waals surface area (Å²) in [6.45, 7) is 1.06. The average molecular weight is 274 g/mol. The van der Waals surface area contributed by atoms with Crippen LogP contribution in [0.4, 0.5) is 0 Å². The Morgan fingerprint density at radius 3 is 2.26 bits per heavy atom. The maximum atomic E-state index is 11.4. The molecule has 19 heavy (non-hydrogen) atoms. The Morgan fingerprint density at radius 1 is 1.26 bits per heavy atom. The molecule has 9 heteroatoms. The van der Waals surface area contributed by atoms with Gasteiger partial charge in [-0.1, -0.05) is 0 Å². The number of carboxylic acids is 1. The summed E-state index contributed by atoms with van der Waals surface area (Å²) in [6.07, 6.45) is -0.277. The van der Waals surface area contributed by atoms with Crippen LogP contribution in [0.15, 0.2) is 0 Å². The summed E-state index contributed by atoms with van der Waals surface area (Å²) >= 11 is 0. The fourth-order valence-corrected chi connectivity index (χ4v) is 1.12. The van der Waals surface area contributed by atoms with Crippen molar-refractivity contribution in [3.8, 4) is 0 Å². The Kier molecular flexibility index (Phi) is 7.12. The highest BCUT2D eigenvalue weighted by molar-refractivity contribution is 5.89. The van der Waals surface area contributed by atoms with Crippen LogP contribution in [-0.4, -0.2) is 47.4 Å². The van der Waals surface area contributed by atoms with Crippen molar-refractivity contribution in [3.05, 3.63) is 0 Å². The van der Waals surface area contributed by atoms with Crippen LogP contribution in [0.3, 0.4) is 0 Å². The van der Waals surface area contributed by atoms with Gasteiger partial charge in [0.2, 0.25) is 17.7 Å².